The molecule has 0 saturated carbocycles. The number of rotatable bonds is 1. The van der Waals surface area contributed by atoms with Gasteiger partial charge < -0.3 is 5.11 Å². The Morgan fingerprint density at radius 1 is 0.947 bits per heavy atom. The lowest BCUT2D eigenvalue weighted by Gasteiger charge is -2.17. The minimum absolute atomic E-state index is 0.148. The Morgan fingerprint density at radius 3 is 1.47 bits per heavy atom. The van der Waals surface area contributed by atoms with Crippen LogP contribution in [-0.2, 0) is 21.4 Å². The van der Waals surface area contributed by atoms with Gasteiger partial charge in [0.25, 0.3) is 9.05 Å². The lowest BCUT2D eigenvalue weighted by molar-refractivity contribution is -0.147. The van der Waals surface area contributed by atoms with Crippen molar-refractivity contribution in [2.45, 2.75) is 17.2 Å². The molecule has 1 aromatic rings. The summed E-state index contributed by atoms with van der Waals surface area (Å²) in [5.74, 6) is -1.39. The molecule has 1 rings (SSSR count). The van der Waals surface area contributed by atoms with Crippen LogP contribution in [0, 0.1) is 0 Å². The molecule has 1 aromatic carbocycles. The molecule has 0 bridgehead atoms. The lowest BCUT2D eigenvalue weighted by Crippen LogP contribution is -2.17. The summed E-state index contributed by atoms with van der Waals surface area (Å²) < 4.78 is 97.1. The van der Waals surface area contributed by atoms with E-state index in [0.717, 1.165) is 0 Å². The lowest BCUT2D eigenvalue weighted by atomic mass is 10.1. The number of phenols is 1. The first-order valence-corrected chi connectivity index (χ1v) is 6.51. The van der Waals surface area contributed by atoms with Gasteiger partial charge in [-0.3, -0.25) is 0 Å². The van der Waals surface area contributed by atoms with E-state index in [1.807, 2.05) is 0 Å². The summed E-state index contributed by atoms with van der Waals surface area (Å²) in [6.45, 7) is 0. The third-order valence-corrected chi connectivity index (χ3v) is 3.32. The molecule has 0 atom stereocenters. The maximum atomic E-state index is 12.5. The molecule has 0 aliphatic heterocycles. The zero-order valence-corrected chi connectivity index (χ0v) is 10.0. The molecule has 0 aromatic heterocycles. The van der Waals surface area contributed by atoms with E-state index in [1.54, 1.807) is 0 Å². The molecule has 0 unspecified atom stereocenters. The molecule has 108 valence electrons. The smallest absolute Gasteiger partial charge is 0.417 e. The van der Waals surface area contributed by atoms with Crippen LogP contribution in [0.5, 0.6) is 5.75 Å². The average Bonchev–Trinajstić information content (AvgIpc) is 2.11. The number of alkyl halides is 6. The zero-order valence-electron chi connectivity index (χ0n) is 8.47. The van der Waals surface area contributed by atoms with Crippen molar-refractivity contribution in [1.29, 1.82) is 0 Å². The van der Waals surface area contributed by atoms with Crippen molar-refractivity contribution in [2.24, 2.45) is 0 Å². The van der Waals surface area contributed by atoms with Gasteiger partial charge >= 0.3 is 12.4 Å². The van der Waals surface area contributed by atoms with E-state index in [0.29, 0.717) is 0 Å². The second-order valence-corrected chi connectivity index (χ2v) is 5.81. The fraction of sp³-hybridized carbons (Fsp3) is 0.250. The van der Waals surface area contributed by atoms with Gasteiger partial charge in [-0.15, -0.1) is 0 Å². The summed E-state index contributed by atoms with van der Waals surface area (Å²) in [6.07, 6.45) is -10.9. The van der Waals surface area contributed by atoms with Crippen LogP contribution in [-0.4, -0.2) is 13.5 Å². The van der Waals surface area contributed by atoms with Gasteiger partial charge in [-0.2, -0.15) is 26.3 Å². The van der Waals surface area contributed by atoms with Gasteiger partial charge in [-0.1, -0.05) is 0 Å². The molecule has 0 spiro atoms. The van der Waals surface area contributed by atoms with E-state index in [1.165, 1.54) is 0 Å². The third kappa shape index (κ3) is 3.44. The maximum absolute atomic E-state index is 12.5. The minimum atomic E-state index is -5.43. The Balaban J connectivity index is 3.91. The monoisotopic (exact) mass is 328 g/mol. The molecule has 0 aliphatic carbocycles. The number of halogens is 7. The van der Waals surface area contributed by atoms with Gasteiger partial charge in [-0.25, -0.2) is 8.42 Å². The predicted octanol–water partition coefficient (Wildman–Crippen LogP) is 3.36. The van der Waals surface area contributed by atoms with Crippen LogP contribution < -0.4 is 0 Å². The van der Waals surface area contributed by atoms with Crippen LogP contribution in [0.25, 0.3) is 0 Å². The van der Waals surface area contributed by atoms with Crippen LogP contribution in [0.1, 0.15) is 11.1 Å². The fourth-order valence-electron chi connectivity index (χ4n) is 1.30. The van der Waals surface area contributed by atoms with Crippen molar-refractivity contribution in [3.63, 3.8) is 0 Å². The highest BCUT2D eigenvalue weighted by Gasteiger charge is 2.45. The average molecular weight is 329 g/mol. The van der Waals surface area contributed by atoms with Gasteiger partial charge in [-0.05, 0) is 12.1 Å². The summed E-state index contributed by atoms with van der Waals surface area (Å²) >= 11 is 0. The molecular formula is C8H3ClF6O3S. The van der Waals surface area contributed by atoms with Crippen molar-refractivity contribution >= 4 is 19.7 Å². The summed E-state index contributed by atoms with van der Waals surface area (Å²) in [5.41, 5.74) is -4.37. The highest BCUT2D eigenvalue weighted by Crippen LogP contribution is 2.44. The number of benzene rings is 1. The first-order valence-electron chi connectivity index (χ1n) is 4.20. The SMILES string of the molecule is O=S(=O)(Cl)c1c(C(F)(F)F)cc(O)cc1C(F)(F)F. The van der Waals surface area contributed by atoms with Crippen molar-refractivity contribution in [3.8, 4) is 5.75 Å². The topological polar surface area (TPSA) is 54.4 Å². The molecule has 0 heterocycles. The molecular weight excluding hydrogens is 326 g/mol. The van der Waals surface area contributed by atoms with E-state index in [2.05, 4.69) is 10.7 Å². The van der Waals surface area contributed by atoms with Crippen molar-refractivity contribution in [2.75, 3.05) is 0 Å². The molecule has 0 radical (unpaired) electrons. The Kier molecular flexibility index (Phi) is 3.72. The summed E-state index contributed by atoms with van der Waals surface area (Å²) in [4.78, 5) is -2.13. The number of aromatic hydroxyl groups is 1. The Hall–Kier alpha value is -1.16. The van der Waals surface area contributed by atoms with E-state index in [9.17, 15) is 34.8 Å². The molecule has 3 nitrogen and oxygen atoms in total. The van der Waals surface area contributed by atoms with E-state index in [4.69, 9.17) is 5.11 Å². The van der Waals surface area contributed by atoms with Crippen LogP contribution in [0.2, 0.25) is 0 Å². The second-order valence-electron chi connectivity index (χ2n) is 3.30. The third-order valence-electron chi connectivity index (χ3n) is 1.93. The summed E-state index contributed by atoms with van der Waals surface area (Å²) in [5, 5.41) is 8.87. The normalized spacial score (nSPS) is 13.6. The highest BCUT2D eigenvalue weighted by molar-refractivity contribution is 8.13. The molecule has 0 amide bonds. The van der Waals surface area contributed by atoms with Crippen LogP contribution in [0.15, 0.2) is 17.0 Å². The van der Waals surface area contributed by atoms with E-state index in [-0.39, 0.29) is 12.1 Å². The van der Waals surface area contributed by atoms with E-state index < -0.39 is 43.2 Å². The molecule has 1 N–H and O–H groups in total. The van der Waals surface area contributed by atoms with Gasteiger partial charge in [0.1, 0.15) is 10.6 Å². The summed E-state index contributed by atoms with van der Waals surface area (Å²) in [7, 11) is -0.702. The van der Waals surface area contributed by atoms with Crippen LogP contribution in [0.3, 0.4) is 0 Å². The van der Waals surface area contributed by atoms with Gasteiger partial charge in [0.05, 0.1) is 11.1 Å². The summed E-state index contributed by atoms with van der Waals surface area (Å²) in [6, 6.07) is -0.297. The number of hydrogen-bond acceptors (Lipinski definition) is 3. The molecule has 11 heteroatoms. The first kappa shape index (κ1) is 15.9. The second kappa shape index (κ2) is 4.44. The largest absolute Gasteiger partial charge is 0.508 e. The zero-order chi connectivity index (χ0) is 15.2. The van der Waals surface area contributed by atoms with Crippen molar-refractivity contribution in [1.82, 2.24) is 0 Å². The Labute approximate surface area is 106 Å². The maximum Gasteiger partial charge on any atom is 0.417 e. The van der Waals surface area contributed by atoms with Crippen molar-refractivity contribution < 1.29 is 39.9 Å². The molecule has 0 fully saturated rings. The number of phenolic OH excluding ortho intramolecular Hbond substituents is 1. The van der Waals surface area contributed by atoms with Crippen LogP contribution in [0.4, 0.5) is 26.3 Å². The highest BCUT2D eigenvalue weighted by atomic mass is 35.7. The molecule has 19 heavy (non-hydrogen) atoms. The van der Waals surface area contributed by atoms with Gasteiger partial charge in [0.15, 0.2) is 0 Å². The van der Waals surface area contributed by atoms with Gasteiger partial charge in [0.2, 0.25) is 0 Å². The molecule has 0 aliphatic rings. The van der Waals surface area contributed by atoms with E-state index >= 15 is 0 Å². The standard InChI is InChI=1S/C8H3ClF6O3S/c9-19(17,18)6-4(7(10,11)12)1-3(16)2-5(6)8(13,14)15/h1-2,16H. The van der Waals surface area contributed by atoms with Gasteiger partial charge in [0, 0.05) is 10.7 Å². The minimum Gasteiger partial charge on any atom is -0.508 e. The first-order chi connectivity index (χ1) is 8.24. The number of hydrogen-bond donors (Lipinski definition) is 1. The fourth-order valence-corrected chi connectivity index (χ4v) is 2.67. The quantitative estimate of drug-likeness (QED) is 0.635. The Morgan fingerprint density at radius 2 is 1.26 bits per heavy atom. The van der Waals surface area contributed by atoms with Crippen molar-refractivity contribution in [3.05, 3.63) is 23.3 Å². The predicted molar refractivity (Wildman–Crippen MR) is 51.1 cm³/mol. The van der Waals surface area contributed by atoms with Crippen LogP contribution >= 0.6 is 10.7 Å². The molecule has 0 saturated heterocycles. The Bertz CT molecular complexity index is 569.